The first-order valence-corrected chi connectivity index (χ1v) is 8.80. The number of nitrogens with zero attached hydrogens (tertiary/aromatic N) is 4. The van der Waals surface area contributed by atoms with E-state index >= 15 is 0 Å². The number of rotatable bonds is 4. The Kier molecular flexibility index (Phi) is 3.21. The molecule has 2 saturated carbocycles. The second kappa shape index (κ2) is 5.06. The van der Waals surface area contributed by atoms with E-state index in [1.54, 1.807) is 0 Å². The van der Waals surface area contributed by atoms with Crippen LogP contribution in [-0.4, -0.2) is 45.6 Å². The zero-order valence-corrected chi connectivity index (χ0v) is 12.7. The van der Waals surface area contributed by atoms with Gasteiger partial charge in [0.15, 0.2) is 0 Å². The maximum atomic E-state index is 4.75. The van der Waals surface area contributed by atoms with E-state index < -0.39 is 0 Å². The molecule has 3 aliphatic rings. The summed E-state index contributed by atoms with van der Waals surface area (Å²) >= 11 is 2.01. The first kappa shape index (κ1) is 12.7. The number of aromatic nitrogens is 3. The number of thioether (sulfide) groups is 1. The van der Waals surface area contributed by atoms with Gasteiger partial charge in [-0.1, -0.05) is 6.92 Å². The lowest BCUT2D eigenvalue weighted by Crippen LogP contribution is -2.34. The molecule has 3 fully saturated rings. The summed E-state index contributed by atoms with van der Waals surface area (Å²) in [5.41, 5.74) is 0. The molecule has 2 heterocycles. The van der Waals surface area contributed by atoms with Gasteiger partial charge in [0.25, 0.3) is 0 Å². The molecule has 0 aromatic carbocycles. The lowest BCUT2D eigenvalue weighted by Gasteiger charge is -2.26. The summed E-state index contributed by atoms with van der Waals surface area (Å²) in [5, 5.41) is 3.44. The summed E-state index contributed by atoms with van der Waals surface area (Å²) < 4.78 is 0. The molecule has 2 unspecified atom stereocenters. The van der Waals surface area contributed by atoms with Crippen LogP contribution >= 0.6 is 11.8 Å². The number of hydrogen-bond donors (Lipinski definition) is 1. The van der Waals surface area contributed by atoms with Crippen molar-refractivity contribution in [3.8, 4) is 0 Å². The molecule has 2 atom stereocenters. The Hall–Kier alpha value is -1.04. The van der Waals surface area contributed by atoms with Crippen LogP contribution in [0.3, 0.4) is 0 Å². The van der Waals surface area contributed by atoms with Crippen molar-refractivity contribution in [1.82, 2.24) is 15.0 Å². The Bertz CT molecular complexity index is 498. The third-order valence-electron chi connectivity index (χ3n) is 4.29. The SMILES string of the molecule is CC1CC1c1nc(NC2CC2)nc(N2CCSCC2)n1. The Morgan fingerprint density at radius 2 is 1.90 bits per heavy atom. The normalized spacial score (nSPS) is 29.4. The van der Waals surface area contributed by atoms with E-state index in [-0.39, 0.29) is 0 Å². The van der Waals surface area contributed by atoms with E-state index in [2.05, 4.69) is 27.1 Å². The van der Waals surface area contributed by atoms with Gasteiger partial charge in [-0.25, -0.2) is 0 Å². The van der Waals surface area contributed by atoms with Crippen LogP contribution in [0.15, 0.2) is 0 Å². The highest BCUT2D eigenvalue weighted by atomic mass is 32.2. The van der Waals surface area contributed by atoms with Crippen LogP contribution in [0, 0.1) is 5.92 Å². The molecule has 1 aromatic heterocycles. The molecule has 108 valence electrons. The Balaban J connectivity index is 1.61. The van der Waals surface area contributed by atoms with Gasteiger partial charge in [0.05, 0.1) is 0 Å². The highest BCUT2D eigenvalue weighted by Crippen LogP contribution is 2.45. The fourth-order valence-corrected chi connectivity index (χ4v) is 3.51. The molecule has 5 nitrogen and oxygen atoms in total. The van der Waals surface area contributed by atoms with Gasteiger partial charge in [0, 0.05) is 36.6 Å². The highest BCUT2D eigenvalue weighted by molar-refractivity contribution is 7.99. The number of nitrogens with one attached hydrogen (secondary N) is 1. The molecule has 20 heavy (non-hydrogen) atoms. The number of hydrogen-bond acceptors (Lipinski definition) is 6. The van der Waals surface area contributed by atoms with Crippen molar-refractivity contribution >= 4 is 23.7 Å². The zero-order valence-electron chi connectivity index (χ0n) is 11.9. The quantitative estimate of drug-likeness (QED) is 0.917. The average Bonchev–Trinajstić information content (AvgIpc) is 3.38. The van der Waals surface area contributed by atoms with Crippen molar-refractivity contribution in [2.24, 2.45) is 5.92 Å². The van der Waals surface area contributed by atoms with Gasteiger partial charge in [-0.15, -0.1) is 0 Å². The minimum atomic E-state index is 0.552. The van der Waals surface area contributed by atoms with Gasteiger partial charge < -0.3 is 10.2 Å². The molecule has 4 rings (SSSR count). The Morgan fingerprint density at radius 1 is 1.15 bits per heavy atom. The standard InChI is InChI=1S/C14H21N5S/c1-9-8-11(9)12-16-13(15-10-2-3-10)18-14(17-12)19-4-6-20-7-5-19/h9-11H,2-8H2,1H3,(H,15,16,17,18). The summed E-state index contributed by atoms with van der Waals surface area (Å²) in [6.45, 7) is 4.38. The minimum Gasteiger partial charge on any atom is -0.351 e. The zero-order chi connectivity index (χ0) is 13.5. The van der Waals surface area contributed by atoms with Crippen molar-refractivity contribution < 1.29 is 0 Å². The predicted molar refractivity (Wildman–Crippen MR) is 82.5 cm³/mol. The first-order valence-electron chi connectivity index (χ1n) is 7.65. The van der Waals surface area contributed by atoms with Crippen LogP contribution in [0.4, 0.5) is 11.9 Å². The van der Waals surface area contributed by atoms with Crippen LogP contribution in [0.1, 0.15) is 37.9 Å². The van der Waals surface area contributed by atoms with E-state index in [1.807, 2.05) is 11.8 Å². The smallest absolute Gasteiger partial charge is 0.230 e. The fourth-order valence-electron chi connectivity index (χ4n) is 2.61. The molecule has 0 spiro atoms. The van der Waals surface area contributed by atoms with Gasteiger partial charge >= 0.3 is 0 Å². The lowest BCUT2D eigenvalue weighted by atomic mass is 10.3. The van der Waals surface area contributed by atoms with Gasteiger partial charge in [0.1, 0.15) is 5.82 Å². The summed E-state index contributed by atoms with van der Waals surface area (Å²) in [5.74, 6) is 6.32. The van der Waals surface area contributed by atoms with Gasteiger partial charge in [-0.05, 0) is 25.2 Å². The molecule has 1 saturated heterocycles. The molecular formula is C14H21N5S. The summed E-state index contributed by atoms with van der Waals surface area (Å²) in [6.07, 6.45) is 3.72. The van der Waals surface area contributed by atoms with E-state index in [0.717, 1.165) is 36.7 Å². The maximum absolute atomic E-state index is 4.75. The monoisotopic (exact) mass is 291 g/mol. The van der Waals surface area contributed by atoms with Crippen LogP contribution in [0.5, 0.6) is 0 Å². The topological polar surface area (TPSA) is 53.9 Å². The third kappa shape index (κ3) is 2.71. The molecular weight excluding hydrogens is 270 g/mol. The molecule has 1 aromatic rings. The van der Waals surface area contributed by atoms with Crippen molar-refractivity contribution in [2.45, 2.75) is 38.1 Å². The summed E-state index contributed by atoms with van der Waals surface area (Å²) in [6, 6.07) is 0.589. The predicted octanol–water partition coefficient (Wildman–Crippen LogP) is 2.12. The van der Waals surface area contributed by atoms with Gasteiger partial charge in [0.2, 0.25) is 11.9 Å². The van der Waals surface area contributed by atoms with Crippen molar-refractivity contribution in [3.63, 3.8) is 0 Å². The Labute approximate surface area is 124 Å². The lowest BCUT2D eigenvalue weighted by molar-refractivity contribution is 0.768. The van der Waals surface area contributed by atoms with Crippen LogP contribution in [0.2, 0.25) is 0 Å². The second-order valence-electron chi connectivity index (χ2n) is 6.15. The van der Waals surface area contributed by atoms with Crippen molar-refractivity contribution in [2.75, 3.05) is 34.8 Å². The van der Waals surface area contributed by atoms with E-state index in [1.165, 1.54) is 30.8 Å². The van der Waals surface area contributed by atoms with E-state index in [4.69, 9.17) is 4.98 Å². The summed E-state index contributed by atoms with van der Waals surface area (Å²) in [4.78, 5) is 16.4. The van der Waals surface area contributed by atoms with Crippen molar-refractivity contribution in [1.29, 1.82) is 0 Å². The van der Waals surface area contributed by atoms with Crippen LogP contribution < -0.4 is 10.2 Å². The highest BCUT2D eigenvalue weighted by Gasteiger charge is 2.38. The van der Waals surface area contributed by atoms with E-state index in [9.17, 15) is 0 Å². The molecule has 1 aliphatic heterocycles. The number of anilines is 2. The molecule has 2 aliphatic carbocycles. The van der Waals surface area contributed by atoms with Gasteiger partial charge in [-0.3, -0.25) is 0 Å². The first-order chi connectivity index (χ1) is 9.79. The summed E-state index contributed by atoms with van der Waals surface area (Å²) in [7, 11) is 0. The van der Waals surface area contributed by atoms with Crippen LogP contribution in [0.25, 0.3) is 0 Å². The third-order valence-corrected chi connectivity index (χ3v) is 5.23. The second-order valence-corrected chi connectivity index (χ2v) is 7.38. The van der Waals surface area contributed by atoms with Gasteiger partial charge in [-0.2, -0.15) is 26.7 Å². The Morgan fingerprint density at radius 3 is 2.55 bits per heavy atom. The minimum absolute atomic E-state index is 0.552. The van der Waals surface area contributed by atoms with Crippen molar-refractivity contribution in [3.05, 3.63) is 5.82 Å². The molecule has 1 N–H and O–H groups in total. The molecule has 6 heteroatoms. The average molecular weight is 291 g/mol. The largest absolute Gasteiger partial charge is 0.351 e. The molecule has 0 bridgehead atoms. The molecule has 0 amide bonds. The molecule has 0 radical (unpaired) electrons. The maximum Gasteiger partial charge on any atom is 0.230 e. The van der Waals surface area contributed by atoms with E-state index in [0.29, 0.717) is 12.0 Å². The fraction of sp³-hybridized carbons (Fsp3) is 0.786. The van der Waals surface area contributed by atoms with Crippen LogP contribution in [-0.2, 0) is 0 Å².